The molecular weight excluding hydrogens is 367 g/mol. The predicted octanol–water partition coefficient (Wildman–Crippen LogP) is 3.84. The number of rotatable bonds is 10. The topological polar surface area (TPSA) is 69.7 Å². The molecule has 2 aromatic rings. The summed E-state index contributed by atoms with van der Waals surface area (Å²) in [5.41, 5.74) is 3.27. The average molecular weight is 391 g/mol. The lowest BCUT2D eigenvalue weighted by molar-refractivity contribution is -0.150. The van der Waals surface area contributed by atoms with E-state index in [4.69, 9.17) is 9.47 Å². The predicted molar refractivity (Wildman–Crippen MR) is 113 cm³/mol. The standard InChI is InChI=1S/C23H24BO5/c1-3-28-23(27)22(29-17(2)26)14-19(15-24-16-25)13-18-9-11-21(12-10-18)20-7-5-4-6-8-20/h4-12,14,16,19H,3,13,15H2,1-2H3/b22-14-/t19-/m1/s1. The minimum absolute atomic E-state index is 0.149. The Kier molecular flexibility index (Phi) is 8.89. The quantitative estimate of drug-likeness (QED) is 0.202. The minimum atomic E-state index is -0.696. The molecule has 0 saturated carbocycles. The Hall–Kier alpha value is -3.15. The summed E-state index contributed by atoms with van der Waals surface area (Å²) in [6.45, 7) is 3.07. The molecule has 0 amide bonds. The Labute approximate surface area is 172 Å². The summed E-state index contributed by atoms with van der Waals surface area (Å²) >= 11 is 0. The first-order valence-corrected chi connectivity index (χ1v) is 9.52. The van der Waals surface area contributed by atoms with Crippen molar-refractivity contribution < 1.29 is 23.9 Å². The molecule has 6 heteroatoms. The Morgan fingerprint density at radius 3 is 2.28 bits per heavy atom. The van der Waals surface area contributed by atoms with Gasteiger partial charge in [-0.15, -0.1) is 0 Å². The van der Waals surface area contributed by atoms with Gasteiger partial charge < -0.3 is 14.3 Å². The summed E-state index contributed by atoms with van der Waals surface area (Å²) in [6, 6.07) is 18.1. The fraction of sp³-hybridized carbons (Fsp3) is 0.261. The van der Waals surface area contributed by atoms with Gasteiger partial charge in [-0.2, -0.15) is 0 Å². The number of ether oxygens (including phenoxy) is 2. The molecule has 2 aromatic carbocycles. The van der Waals surface area contributed by atoms with Crippen LogP contribution in [0.25, 0.3) is 11.1 Å². The van der Waals surface area contributed by atoms with Crippen molar-refractivity contribution in [3.05, 3.63) is 72.0 Å². The molecule has 0 aliphatic heterocycles. The van der Waals surface area contributed by atoms with Crippen molar-refractivity contribution in [3.8, 4) is 11.1 Å². The molecule has 0 aliphatic rings. The zero-order chi connectivity index (χ0) is 21.1. The van der Waals surface area contributed by atoms with Gasteiger partial charge in [0, 0.05) is 6.92 Å². The zero-order valence-corrected chi connectivity index (χ0v) is 16.7. The van der Waals surface area contributed by atoms with Gasteiger partial charge in [0.15, 0.2) is 7.28 Å². The van der Waals surface area contributed by atoms with Crippen LogP contribution in [-0.4, -0.2) is 32.0 Å². The lowest BCUT2D eigenvalue weighted by Gasteiger charge is -2.14. The molecule has 0 aromatic heterocycles. The third-order valence-corrected chi connectivity index (χ3v) is 4.21. The molecule has 0 N–H and O–H groups in total. The summed E-state index contributed by atoms with van der Waals surface area (Å²) in [4.78, 5) is 34.3. The summed E-state index contributed by atoms with van der Waals surface area (Å²) in [6.07, 6.45) is 3.26. The van der Waals surface area contributed by atoms with Crippen LogP contribution in [0.1, 0.15) is 19.4 Å². The van der Waals surface area contributed by atoms with Crippen molar-refractivity contribution in [2.75, 3.05) is 6.61 Å². The van der Waals surface area contributed by atoms with Crippen molar-refractivity contribution >= 4 is 25.4 Å². The minimum Gasteiger partial charge on any atom is -0.460 e. The Morgan fingerprint density at radius 1 is 1.03 bits per heavy atom. The van der Waals surface area contributed by atoms with Crippen molar-refractivity contribution in [2.45, 2.75) is 26.6 Å². The summed E-state index contributed by atoms with van der Waals surface area (Å²) < 4.78 is 10.00. The Bertz CT molecular complexity index is 843. The van der Waals surface area contributed by atoms with Gasteiger partial charge in [-0.3, -0.25) is 4.79 Å². The maximum atomic E-state index is 12.1. The van der Waals surface area contributed by atoms with Gasteiger partial charge in [-0.1, -0.05) is 60.9 Å². The number of esters is 2. The van der Waals surface area contributed by atoms with Crippen LogP contribution in [0.4, 0.5) is 0 Å². The molecule has 0 spiro atoms. The molecule has 0 saturated heterocycles. The highest BCUT2D eigenvalue weighted by Gasteiger charge is 2.18. The first-order valence-electron chi connectivity index (χ1n) is 9.52. The number of carbonyl (C=O) groups excluding carboxylic acids is 3. The zero-order valence-electron chi connectivity index (χ0n) is 16.7. The van der Waals surface area contributed by atoms with Crippen molar-refractivity contribution in [1.29, 1.82) is 0 Å². The summed E-state index contributed by atoms with van der Waals surface area (Å²) in [7, 11) is 1.48. The summed E-state index contributed by atoms with van der Waals surface area (Å²) in [5.74, 6) is -1.65. The van der Waals surface area contributed by atoms with Crippen molar-refractivity contribution in [1.82, 2.24) is 0 Å². The number of benzene rings is 2. The van der Waals surface area contributed by atoms with E-state index >= 15 is 0 Å². The second kappa shape index (κ2) is 11.6. The summed E-state index contributed by atoms with van der Waals surface area (Å²) in [5, 5.41) is 0. The highest BCUT2D eigenvalue weighted by Crippen LogP contribution is 2.22. The molecule has 29 heavy (non-hydrogen) atoms. The first-order chi connectivity index (χ1) is 14.0. The molecular formula is C23H24BO5. The molecule has 1 atom stereocenters. The van der Waals surface area contributed by atoms with E-state index in [9.17, 15) is 14.4 Å². The van der Waals surface area contributed by atoms with E-state index in [1.807, 2.05) is 54.6 Å². The molecule has 0 heterocycles. The Balaban J connectivity index is 2.21. The van der Waals surface area contributed by atoms with Crippen molar-refractivity contribution in [3.63, 3.8) is 0 Å². The number of hydrogen-bond acceptors (Lipinski definition) is 5. The number of carbonyl (C=O) groups is 3. The molecule has 0 fully saturated rings. The average Bonchev–Trinajstić information content (AvgIpc) is 2.72. The smallest absolute Gasteiger partial charge is 0.374 e. The first kappa shape index (κ1) is 22.1. The normalized spacial score (nSPS) is 12.0. The van der Waals surface area contributed by atoms with Crippen LogP contribution >= 0.6 is 0 Å². The maximum absolute atomic E-state index is 12.1. The molecule has 5 nitrogen and oxygen atoms in total. The maximum Gasteiger partial charge on any atom is 0.374 e. The molecule has 0 bridgehead atoms. The van der Waals surface area contributed by atoms with Crippen LogP contribution < -0.4 is 0 Å². The molecule has 149 valence electrons. The fourth-order valence-corrected chi connectivity index (χ4v) is 2.92. The second-order valence-corrected chi connectivity index (χ2v) is 6.48. The highest BCUT2D eigenvalue weighted by molar-refractivity contribution is 6.66. The van der Waals surface area contributed by atoms with Crippen LogP contribution in [0, 0.1) is 5.92 Å². The van der Waals surface area contributed by atoms with Gasteiger partial charge in [0.1, 0.15) is 0 Å². The van der Waals surface area contributed by atoms with E-state index in [-0.39, 0.29) is 18.3 Å². The van der Waals surface area contributed by atoms with Gasteiger partial charge in [0.05, 0.1) is 12.8 Å². The SMILES string of the molecule is CCOC(=O)/C(=C/[C@H](C[B]C=O)Cc1ccc(-c2ccccc2)cc1)OC(C)=O. The molecule has 2 rings (SSSR count). The number of allylic oxidation sites excluding steroid dienone is 1. The largest absolute Gasteiger partial charge is 0.460 e. The Morgan fingerprint density at radius 2 is 1.69 bits per heavy atom. The van der Waals surface area contributed by atoms with Gasteiger partial charge in [-0.05, 0) is 42.0 Å². The van der Waals surface area contributed by atoms with Crippen LogP contribution in [0.3, 0.4) is 0 Å². The second-order valence-electron chi connectivity index (χ2n) is 6.48. The van der Waals surface area contributed by atoms with E-state index in [1.165, 1.54) is 14.2 Å². The van der Waals surface area contributed by atoms with Crippen LogP contribution in [0.5, 0.6) is 0 Å². The van der Waals surface area contributed by atoms with Crippen LogP contribution in [0.15, 0.2) is 66.4 Å². The van der Waals surface area contributed by atoms with Gasteiger partial charge in [0.25, 0.3) is 0 Å². The lowest BCUT2D eigenvalue weighted by Crippen LogP contribution is -2.16. The highest BCUT2D eigenvalue weighted by atomic mass is 16.6. The molecule has 1 radical (unpaired) electrons. The van der Waals surface area contributed by atoms with E-state index in [2.05, 4.69) is 0 Å². The van der Waals surface area contributed by atoms with E-state index < -0.39 is 11.9 Å². The van der Waals surface area contributed by atoms with Crippen molar-refractivity contribution in [2.24, 2.45) is 5.92 Å². The van der Waals surface area contributed by atoms with Crippen LogP contribution in [0.2, 0.25) is 6.32 Å². The van der Waals surface area contributed by atoms with Crippen LogP contribution in [-0.2, 0) is 30.3 Å². The van der Waals surface area contributed by atoms with E-state index in [0.29, 0.717) is 12.7 Å². The van der Waals surface area contributed by atoms with Gasteiger partial charge in [-0.25, -0.2) is 4.79 Å². The monoisotopic (exact) mass is 391 g/mol. The third kappa shape index (κ3) is 7.41. The third-order valence-electron chi connectivity index (χ3n) is 4.21. The van der Waals surface area contributed by atoms with Gasteiger partial charge >= 0.3 is 11.9 Å². The van der Waals surface area contributed by atoms with E-state index in [0.717, 1.165) is 22.9 Å². The van der Waals surface area contributed by atoms with Gasteiger partial charge in [0.2, 0.25) is 5.76 Å². The molecule has 0 unspecified atom stereocenters. The molecule has 0 aliphatic carbocycles. The lowest BCUT2D eigenvalue weighted by atomic mass is 9.70. The van der Waals surface area contributed by atoms with E-state index in [1.54, 1.807) is 13.0 Å². The number of hydrogen-bond donors (Lipinski definition) is 0. The fourth-order valence-electron chi connectivity index (χ4n) is 2.92.